The van der Waals surface area contributed by atoms with Gasteiger partial charge >= 0.3 is 0 Å². The lowest BCUT2D eigenvalue weighted by atomic mass is 9.91. The fraction of sp³-hybridized carbons (Fsp3) is 0. The molecule has 0 spiro atoms. The highest BCUT2D eigenvalue weighted by molar-refractivity contribution is 7.26. The number of aromatic nitrogens is 4. The molecule has 51 heavy (non-hydrogen) atoms. The molecule has 10 rings (SSSR count). The summed E-state index contributed by atoms with van der Waals surface area (Å²) in [4.78, 5) is 20.3. The van der Waals surface area contributed by atoms with Gasteiger partial charge in [0, 0.05) is 64.1 Å². The number of hydrogen-bond donors (Lipinski definition) is 0. The zero-order valence-electron chi connectivity index (χ0n) is 27.4. The number of fused-ring (bicyclic) bond motifs is 7. The maximum Gasteiger partial charge on any atom is 0.164 e. The van der Waals surface area contributed by atoms with Crippen molar-refractivity contribution in [3.63, 3.8) is 0 Å². The van der Waals surface area contributed by atoms with Gasteiger partial charge in [0.15, 0.2) is 17.5 Å². The molecule has 0 saturated carbocycles. The van der Waals surface area contributed by atoms with Crippen LogP contribution in [0.2, 0.25) is 0 Å². The van der Waals surface area contributed by atoms with Crippen LogP contribution in [-0.4, -0.2) is 19.9 Å². The molecule has 7 aromatic carbocycles. The van der Waals surface area contributed by atoms with Gasteiger partial charge in [-0.05, 0) is 29.8 Å². The van der Waals surface area contributed by atoms with Crippen molar-refractivity contribution in [2.75, 3.05) is 0 Å². The summed E-state index contributed by atoms with van der Waals surface area (Å²) in [6, 6.07) is 59.0. The number of para-hydroxylation sites is 1. The van der Waals surface area contributed by atoms with Crippen LogP contribution in [0, 0.1) is 0 Å². The Balaban J connectivity index is 1.26. The van der Waals surface area contributed by atoms with Gasteiger partial charge in [0.1, 0.15) is 0 Å². The lowest BCUT2D eigenvalue weighted by Crippen LogP contribution is -2.00. The van der Waals surface area contributed by atoms with Crippen molar-refractivity contribution in [1.82, 2.24) is 19.9 Å². The molecule has 4 nitrogen and oxygen atoms in total. The van der Waals surface area contributed by atoms with Gasteiger partial charge in [-0.25, -0.2) is 19.9 Å². The fourth-order valence-corrected chi connectivity index (χ4v) is 8.37. The van der Waals surface area contributed by atoms with Crippen molar-refractivity contribution in [1.29, 1.82) is 0 Å². The third kappa shape index (κ3) is 5.06. The van der Waals surface area contributed by atoms with Crippen LogP contribution in [0.1, 0.15) is 0 Å². The minimum absolute atomic E-state index is 0.635. The predicted octanol–water partition coefficient (Wildman–Crippen LogP) is 12.3. The fourth-order valence-electron chi connectivity index (χ4n) is 7.12. The van der Waals surface area contributed by atoms with Crippen LogP contribution in [-0.2, 0) is 0 Å². The normalized spacial score (nSPS) is 11.5. The number of benzene rings is 7. The van der Waals surface area contributed by atoms with Gasteiger partial charge in [0.05, 0.1) is 11.2 Å². The van der Waals surface area contributed by atoms with E-state index in [1.54, 1.807) is 0 Å². The van der Waals surface area contributed by atoms with E-state index in [-0.39, 0.29) is 0 Å². The molecule has 0 saturated heterocycles. The average Bonchev–Trinajstić information content (AvgIpc) is 3.61. The average molecular weight is 669 g/mol. The molecule has 0 aliphatic carbocycles. The van der Waals surface area contributed by atoms with Gasteiger partial charge in [0.2, 0.25) is 0 Å². The van der Waals surface area contributed by atoms with Crippen LogP contribution < -0.4 is 0 Å². The van der Waals surface area contributed by atoms with Gasteiger partial charge in [0.25, 0.3) is 0 Å². The smallest absolute Gasteiger partial charge is 0.164 e. The van der Waals surface area contributed by atoms with E-state index in [2.05, 4.69) is 109 Å². The molecule has 3 aromatic heterocycles. The molecular formula is C46H28N4S. The quantitative estimate of drug-likeness (QED) is 0.171. The van der Waals surface area contributed by atoms with Crippen LogP contribution >= 0.6 is 11.3 Å². The second-order valence-electron chi connectivity index (χ2n) is 12.6. The van der Waals surface area contributed by atoms with Crippen LogP contribution in [0.5, 0.6) is 0 Å². The highest BCUT2D eigenvalue weighted by Crippen LogP contribution is 2.48. The number of rotatable bonds is 5. The Morgan fingerprint density at radius 2 is 0.882 bits per heavy atom. The van der Waals surface area contributed by atoms with E-state index in [1.165, 1.54) is 25.6 Å². The first-order chi connectivity index (χ1) is 25.3. The molecular weight excluding hydrogens is 641 g/mol. The third-order valence-corrected chi connectivity index (χ3v) is 10.7. The first-order valence-corrected chi connectivity index (χ1v) is 17.8. The summed E-state index contributed by atoms with van der Waals surface area (Å²) in [7, 11) is 0. The van der Waals surface area contributed by atoms with Crippen LogP contribution in [0.15, 0.2) is 170 Å². The number of thiophene rings is 1. The van der Waals surface area contributed by atoms with Crippen molar-refractivity contribution < 1.29 is 0 Å². The molecule has 5 heteroatoms. The van der Waals surface area contributed by atoms with Crippen molar-refractivity contribution >= 4 is 53.2 Å². The Labute approximate surface area is 298 Å². The second kappa shape index (κ2) is 12.1. The minimum Gasteiger partial charge on any atom is -0.247 e. The van der Waals surface area contributed by atoms with E-state index in [0.717, 1.165) is 55.4 Å². The summed E-state index contributed by atoms with van der Waals surface area (Å²) >= 11 is 1.85. The summed E-state index contributed by atoms with van der Waals surface area (Å²) < 4.78 is 2.51. The van der Waals surface area contributed by atoms with E-state index < -0.39 is 0 Å². The number of nitrogens with zero attached hydrogens (tertiary/aromatic N) is 4. The second-order valence-corrected chi connectivity index (χ2v) is 13.7. The molecule has 0 N–H and O–H groups in total. The van der Waals surface area contributed by atoms with E-state index in [0.29, 0.717) is 17.5 Å². The zero-order valence-corrected chi connectivity index (χ0v) is 28.2. The van der Waals surface area contributed by atoms with Crippen molar-refractivity contribution in [3.05, 3.63) is 170 Å². The van der Waals surface area contributed by atoms with Crippen molar-refractivity contribution in [2.24, 2.45) is 0 Å². The summed E-state index contributed by atoms with van der Waals surface area (Å²) in [5.41, 5.74) is 8.16. The molecule has 0 fully saturated rings. The SMILES string of the molecule is c1ccc(-c2nc(-c3ccccc3)nc(-c3cccc(-c4cc5c(-c6ccccc6)nc6ccccc6c5c5c4sc4ccccc45)c3)n2)cc1. The van der Waals surface area contributed by atoms with Crippen LogP contribution in [0.4, 0.5) is 0 Å². The minimum atomic E-state index is 0.635. The predicted molar refractivity (Wildman–Crippen MR) is 213 cm³/mol. The summed E-state index contributed by atoms with van der Waals surface area (Å²) in [6.45, 7) is 0. The van der Waals surface area contributed by atoms with E-state index in [1.807, 2.05) is 72.0 Å². The van der Waals surface area contributed by atoms with Gasteiger partial charge in [-0.2, -0.15) is 0 Å². The molecule has 0 unspecified atom stereocenters. The Kier molecular flexibility index (Phi) is 6.96. The first kappa shape index (κ1) is 29.4. The highest BCUT2D eigenvalue weighted by atomic mass is 32.1. The van der Waals surface area contributed by atoms with Crippen molar-refractivity contribution in [2.45, 2.75) is 0 Å². The van der Waals surface area contributed by atoms with Gasteiger partial charge in [-0.3, -0.25) is 0 Å². The van der Waals surface area contributed by atoms with Crippen LogP contribution in [0.3, 0.4) is 0 Å². The summed E-state index contributed by atoms with van der Waals surface area (Å²) in [6.07, 6.45) is 0. The van der Waals surface area contributed by atoms with Crippen LogP contribution in [0.25, 0.3) is 98.4 Å². The molecule has 0 bridgehead atoms. The van der Waals surface area contributed by atoms with E-state index >= 15 is 0 Å². The molecule has 0 radical (unpaired) electrons. The molecule has 0 amide bonds. The molecule has 3 heterocycles. The maximum absolute atomic E-state index is 5.30. The van der Waals surface area contributed by atoms with Gasteiger partial charge in [-0.1, -0.05) is 146 Å². The number of pyridine rings is 1. The lowest BCUT2D eigenvalue weighted by molar-refractivity contribution is 1.07. The van der Waals surface area contributed by atoms with Gasteiger partial charge in [-0.15, -0.1) is 11.3 Å². The topological polar surface area (TPSA) is 51.6 Å². The highest BCUT2D eigenvalue weighted by Gasteiger charge is 2.21. The standard InChI is InChI=1S/C46H28N4S/c1-4-15-29(16-5-1)42-37-28-36(43-41(35-24-11-13-26-39(35)51-43)40(37)34-23-10-12-25-38(34)47-42)32-21-14-22-33(27-32)46-49-44(30-17-6-2-7-18-30)48-45(50-46)31-19-8-3-9-20-31/h1-28H. The summed E-state index contributed by atoms with van der Waals surface area (Å²) in [5, 5.41) is 6.06. The first-order valence-electron chi connectivity index (χ1n) is 17.0. The molecule has 0 atom stereocenters. The molecule has 238 valence electrons. The third-order valence-electron chi connectivity index (χ3n) is 9.49. The molecule has 0 aliphatic rings. The van der Waals surface area contributed by atoms with Gasteiger partial charge < -0.3 is 0 Å². The lowest BCUT2D eigenvalue weighted by Gasteiger charge is -2.15. The molecule has 0 aliphatic heterocycles. The largest absolute Gasteiger partial charge is 0.247 e. The Hall–Kier alpha value is -6.56. The summed E-state index contributed by atoms with van der Waals surface area (Å²) in [5.74, 6) is 1.93. The van der Waals surface area contributed by atoms with E-state index in [9.17, 15) is 0 Å². The Bertz CT molecular complexity index is 2840. The van der Waals surface area contributed by atoms with Crippen molar-refractivity contribution in [3.8, 4) is 56.5 Å². The molecule has 10 aromatic rings. The number of hydrogen-bond acceptors (Lipinski definition) is 5. The zero-order chi connectivity index (χ0) is 33.7. The maximum atomic E-state index is 5.30. The Morgan fingerprint density at radius 3 is 1.57 bits per heavy atom. The monoisotopic (exact) mass is 668 g/mol. The Morgan fingerprint density at radius 1 is 0.353 bits per heavy atom. The van der Waals surface area contributed by atoms with E-state index in [4.69, 9.17) is 19.9 Å².